The van der Waals surface area contributed by atoms with Gasteiger partial charge in [-0.15, -0.1) is 0 Å². The third kappa shape index (κ3) is 3.10. The molecule has 1 aromatic heterocycles. The molecule has 1 aliphatic carbocycles. The zero-order chi connectivity index (χ0) is 13.3. The number of aromatic nitrogens is 2. The summed E-state index contributed by atoms with van der Waals surface area (Å²) < 4.78 is 1.79. The number of carbonyl (C=O) groups is 1. The first kappa shape index (κ1) is 13.1. The third-order valence-corrected chi connectivity index (χ3v) is 3.58. The molecule has 0 radical (unpaired) electrons. The van der Waals surface area contributed by atoms with Crippen LogP contribution < -0.4 is 0 Å². The second-order valence-electron chi connectivity index (χ2n) is 5.29. The lowest BCUT2D eigenvalue weighted by atomic mass is 10.1. The third-order valence-electron chi connectivity index (χ3n) is 3.58. The van der Waals surface area contributed by atoms with E-state index >= 15 is 0 Å². The van der Waals surface area contributed by atoms with Gasteiger partial charge < -0.3 is 5.11 Å². The van der Waals surface area contributed by atoms with Gasteiger partial charge in [0.1, 0.15) is 0 Å². The van der Waals surface area contributed by atoms with Crippen molar-refractivity contribution in [2.75, 3.05) is 13.1 Å². The summed E-state index contributed by atoms with van der Waals surface area (Å²) in [5.74, 6) is -0.0761. The Balaban J connectivity index is 2.12. The van der Waals surface area contributed by atoms with E-state index in [1.807, 2.05) is 25.1 Å². The summed E-state index contributed by atoms with van der Waals surface area (Å²) in [7, 11) is 1.89. The summed E-state index contributed by atoms with van der Waals surface area (Å²) in [4.78, 5) is 13.0. The highest BCUT2D eigenvalue weighted by Crippen LogP contribution is 2.33. The average Bonchev–Trinajstić information content (AvgIpc) is 3.01. The molecular formula is C13H21N3O2. The zero-order valence-corrected chi connectivity index (χ0v) is 11.3. The van der Waals surface area contributed by atoms with Crippen molar-refractivity contribution >= 4 is 5.97 Å². The number of carboxylic acids is 1. The largest absolute Gasteiger partial charge is 0.480 e. The van der Waals surface area contributed by atoms with Crippen molar-refractivity contribution in [1.29, 1.82) is 0 Å². The highest BCUT2D eigenvalue weighted by atomic mass is 16.4. The summed E-state index contributed by atoms with van der Waals surface area (Å²) in [5.41, 5.74) is 2.11. The molecule has 0 saturated heterocycles. The summed E-state index contributed by atoms with van der Waals surface area (Å²) >= 11 is 0. The molecular weight excluding hydrogens is 230 g/mol. The first-order valence-corrected chi connectivity index (χ1v) is 6.43. The van der Waals surface area contributed by atoms with Crippen molar-refractivity contribution < 1.29 is 9.90 Å². The zero-order valence-electron chi connectivity index (χ0n) is 11.3. The molecule has 1 unspecified atom stereocenters. The molecule has 0 spiro atoms. The fraction of sp³-hybridized carbons (Fsp3) is 0.692. The predicted molar refractivity (Wildman–Crippen MR) is 68.3 cm³/mol. The Labute approximate surface area is 107 Å². The van der Waals surface area contributed by atoms with E-state index in [0.29, 0.717) is 5.92 Å². The topological polar surface area (TPSA) is 58.4 Å². The number of hydrogen-bond acceptors (Lipinski definition) is 3. The van der Waals surface area contributed by atoms with E-state index < -0.39 is 5.97 Å². The van der Waals surface area contributed by atoms with Crippen LogP contribution in [0.1, 0.15) is 37.1 Å². The van der Waals surface area contributed by atoms with Gasteiger partial charge in [-0.3, -0.25) is 14.4 Å². The predicted octanol–water partition coefficient (Wildman–Crippen LogP) is 1.59. The monoisotopic (exact) mass is 251 g/mol. The van der Waals surface area contributed by atoms with Gasteiger partial charge in [-0.2, -0.15) is 5.10 Å². The molecule has 0 aromatic carbocycles. The minimum atomic E-state index is -0.760. The van der Waals surface area contributed by atoms with Crippen molar-refractivity contribution in [3.63, 3.8) is 0 Å². The molecule has 2 rings (SSSR count). The molecule has 0 aliphatic heterocycles. The number of hydrogen-bond donors (Lipinski definition) is 1. The van der Waals surface area contributed by atoms with E-state index in [2.05, 4.69) is 12.0 Å². The van der Waals surface area contributed by atoms with Gasteiger partial charge in [0.2, 0.25) is 0 Å². The Kier molecular flexibility index (Phi) is 3.71. The van der Waals surface area contributed by atoms with E-state index in [4.69, 9.17) is 5.11 Å². The molecule has 5 nitrogen and oxygen atoms in total. The quantitative estimate of drug-likeness (QED) is 0.834. The molecule has 1 aromatic rings. The van der Waals surface area contributed by atoms with Crippen LogP contribution in [0.25, 0.3) is 0 Å². The molecule has 18 heavy (non-hydrogen) atoms. The van der Waals surface area contributed by atoms with E-state index in [1.54, 1.807) is 4.68 Å². The SMILES string of the molecule is Cc1nn(C)cc1C(C)N(CC(=O)O)CC1CC1. The lowest BCUT2D eigenvalue weighted by molar-refractivity contribution is -0.139. The van der Waals surface area contributed by atoms with Gasteiger partial charge in [-0.1, -0.05) is 0 Å². The van der Waals surface area contributed by atoms with Crippen LogP contribution in [0.5, 0.6) is 0 Å². The Morgan fingerprint density at radius 3 is 2.78 bits per heavy atom. The highest BCUT2D eigenvalue weighted by molar-refractivity contribution is 5.69. The van der Waals surface area contributed by atoms with Crippen LogP contribution in [0.15, 0.2) is 6.20 Å². The maximum Gasteiger partial charge on any atom is 0.317 e. The fourth-order valence-corrected chi connectivity index (χ4v) is 2.39. The number of rotatable bonds is 6. The summed E-state index contributed by atoms with van der Waals surface area (Å²) in [6.45, 7) is 5.02. The Hall–Kier alpha value is -1.36. The van der Waals surface area contributed by atoms with Gasteiger partial charge >= 0.3 is 5.97 Å². The average molecular weight is 251 g/mol. The molecule has 1 fully saturated rings. The second kappa shape index (κ2) is 5.10. The van der Waals surface area contributed by atoms with Crippen molar-refractivity contribution in [3.05, 3.63) is 17.5 Å². The van der Waals surface area contributed by atoms with E-state index in [0.717, 1.165) is 17.8 Å². The Morgan fingerprint density at radius 2 is 2.33 bits per heavy atom. The van der Waals surface area contributed by atoms with Crippen LogP contribution in [0.3, 0.4) is 0 Å². The summed E-state index contributed by atoms with van der Waals surface area (Å²) in [6, 6.07) is 0.107. The standard InChI is InChI=1S/C13H21N3O2/c1-9-12(7-15(3)14-9)10(2)16(8-13(17)18)6-11-4-5-11/h7,10-11H,4-6,8H2,1-3H3,(H,17,18). The molecule has 5 heteroatoms. The molecule has 1 aliphatic rings. The van der Waals surface area contributed by atoms with Gasteiger partial charge in [-0.25, -0.2) is 0 Å². The number of nitrogens with zero attached hydrogens (tertiary/aromatic N) is 3. The van der Waals surface area contributed by atoms with E-state index in [9.17, 15) is 4.79 Å². The Morgan fingerprint density at radius 1 is 1.67 bits per heavy atom. The van der Waals surface area contributed by atoms with Gasteiger partial charge in [-0.05, 0) is 32.6 Å². The van der Waals surface area contributed by atoms with Gasteiger partial charge in [0, 0.05) is 31.4 Å². The van der Waals surface area contributed by atoms with Crippen molar-refractivity contribution in [2.45, 2.75) is 32.7 Å². The molecule has 1 atom stereocenters. The van der Waals surface area contributed by atoms with Crippen LogP contribution in [0.4, 0.5) is 0 Å². The molecule has 100 valence electrons. The number of aryl methyl sites for hydroxylation is 2. The number of aliphatic carboxylic acids is 1. The number of carboxylic acid groups (broad SMARTS) is 1. The van der Waals surface area contributed by atoms with Crippen LogP contribution in [0, 0.1) is 12.8 Å². The normalized spacial score (nSPS) is 17.1. The van der Waals surface area contributed by atoms with Crippen molar-refractivity contribution in [2.24, 2.45) is 13.0 Å². The van der Waals surface area contributed by atoms with E-state index in [1.165, 1.54) is 12.8 Å². The molecule has 1 saturated carbocycles. The Bertz CT molecular complexity index is 437. The van der Waals surface area contributed by atoms with Gasteiger partial charge in [0.25, 0.3) is 0 Å². The minimum Gasteiger partial charge on any atom is -0.480 e. The maximum atomic E-state index is 11.0. The van der Waals surface area contributed by atoms with Gasteiger partial charge in [0.15, 0.2) is 0 Å². The summed E-state index contributed by atoms with van der Waals surface area (Å²) in [6.07, 6.45) is 4.45. The minimum absolute atomic E-state index is 0.103. The van der Waals surface area contributed by atoms with Crippen LogP contribution in [-0.2, 0) is 11.8 Å². The smallest absolute Gasteiger partial charge is 0.317 e. The maximum absolute atomic E-state index is 11.0. The van der Waals surface area contributed by atoms with E-state index in [-0.39, 0.29) is 12.6 Å². The lowest BCUT2D eigenvalue weighted by Gasteiger charge is -2.27. The van der Waals surface area contributed by atoms with Crippen LogP contribution in [0.2, 0.25) is 0 Å². The van der Waals surface area contributed by atoms with Crippen molar-refractivity contribution in [3.8, 4) is 0 Å². The molecule has 1 heterocycles. The van der Waals surface area contributed by atoms with Crippen LogP contribution in [-0.4, -0.2) is 38.8 Å². The lowest BCUT2D eigenvalue weighted by Crippen LogP contribution is -2.34. The summed E-state index contributed by atoms with van der Waals surface area (Å²) in [5, 5.41) is 13.4. The molecule has 0 amide bonds. The first-order valence-electron chi connectivity index (χ1n) is 6.43. The van der Waals surface area contributed by atoms with Gasteiger partial charge in [0.05, 0.1) is 12.2 Å². The molecule has 1 N–H and O–H groups in total. The second-order valence-corrected chi connectivity index (χ2v) is 5.29. The fourth-order valence-electron chi connectivity index (χ4n) is 2.39. The molecule has 0 bridgehead atoms. The highest BCUT2D eigenvalue weighted by Gasteiger charge is 2.29. The first-order chi connectivity index (χ1) is 8.47. The van der Waals surface area contributed by atoms with Crippen LogP contribution >= 0.6 is 0 Å². The van der Waals surface area contributed by atoms with Crippen molar-refractivity contribution in [1.82, 2.24) is 14.7 Å².